The van der Waals surface area contributed by atoms with Crippen LogP contribution in [0.4, 0.5) is 0 Å². The van der Waals surface area contributed by atoms with Crippen LogP contribution in [0.3, 0.4) is 0 Å². The predicted octanol–water partition coefficient (Wildman–Crippen LogP) is 0.882. The fraction of sp³-hybridized carbons (Fsp3) is 0.500. The molecule has 1 unspecified atom stereocenters. The highest BCUT2D eigenvalue weighted by molar-refractivity contribution is 6.33. The highest BCUT2D eigenvalue weighted by Gasteiger charge is 2.31. The highest BCUT2D eigenvalue weighted by Crippen LogP contribution is 2.22. The Morgan fingerprint density at radius 1 is 1.82 bits per heavy atom. The van der Waals surface area contributed by atoms with E-state index in [2.05, 4.69) is 11.3 Å². The molecule has 0 aromatic heterocycles. The standard InChI is InChI=1S/C6H8Cl2O3/c1-4(5(9)11-2)6(8,10)3-7/h10H,1,3H2,2H3. The number of ether oxygens (including phenoxy) is 1. The number of halogens is 2. The molecule has 0 heterocycles. The van der Waals surface area contributed by atoms with Gasteiger partial charge in [0.1, 0.15) is 0 Å². The van der Waals surface area contributed by atoms with Gasteiger partial charge in [0.05, 0.1) is 18.6 Å². The van der Waals surface area contributed by atoms with Gasteiger partial charge in [-0.3, -0.25) is 0 Å². The van der Waals surface area contributed by atoms with E-state index in [1.54, 1.807) is 0 Å². The van der Waals surface area contributed by atoms with Crippen molar-refractivity contribution in [2.45, 2.75) is 5.06 Å². The fourth-order valence-electron chi connectivity index (χ4n) is 0.360. The monoisotopic (exact) mass is 198 g/mol. The third kappa shape index (κ3) is 2.69. The summed E-state index contributed by atoms with van der Waals surface area (Å²) in [5.41, 5.74) is -0.267. The quantitative estimate of drug-likeness (QED) is 0.417. The van der Waals surface area contributed by atoms with Crippen molar-refractivity contribution in [2.75, 3.05) is 13.0 Å². The van der Waals surface area contributed by atoms with Crippen LogP contribution in [-0.2, 0) is 9.53 Å². The van der Waals surface area contributed by atoms with Crippen molar-refractivity contribution >= 4 is 29.2 Å². The van der Waals surface area contributed by atoms with Gasteiger partial charge in [0, 0.05) is 0 Å². The van der Waals surface area contributed by atoms with Crippen molar-refractivity contribution in [3.8, 4) is 0 Å². The molecule has 1 atom stereocenters. The highest BCUT2D eigenvalue weighted by atomic mass is 35.5. The molecule has 64 valence electrons. The van der Waals surface area contributed by atoms with Gasteiger partial charge in [-0.2, -0.15) is 0 Å². The summed E-state index contributed by atoms with van der Waals surface area (Å²) in [7, 11) is 1.16. The van der Waals surface area contributed by atoms with E-state index < -0.39 is 11.0 Å². The Hall–Kier alpha value is -0.250. The van der Waals surface area contributed by atoms with E-state index in [9.17, 15) is 4.79 Å². The number of methoxy groups -OCH3 is 1. The lowest BCUT2D eigenvalue weighted by molar-refractivity contribution is -0.137. The summed E-state index contributed by atoms with van der Waals surface area (Å²) < 4.78 is 4.26. The lowest BCUT2D eigenvalue weighted by atomic mass is 10.2. The van der Waals surface area contributed by atoms with Crippen LogP contribution in [-0.4, -0.2) is 29.1 Å². The molecule has 0 fully saturated rings. The first-order chi connectivity index (χ1) is 4.95. The zero-order valence-corrected chi connectivity index (χ0v) is 7.45. The summed E-state index contributed by atoms with van der Waals surface area (Å²) in [5, 5.41) is 7.22. The van der Waals surface area contributed by atoms with Crippen LogP contribution in [0.15, 0.2) is 12.2 Å². The summed E-state index contributed by atoms with van der Waals surface area (Å²) in [6, 6.07) is 0. The largest absolute Gasteiger partial charge is 0.466 e. The summed E-state index contributed by atoms with van der Waals surface area (Å²) in [6.07, 6.45) is 0. The Morgan fingerprint density at radius 2 is 2.27 bits per heavy atom. The van der Waals surface area contributed by atoms with E-state index in [-0.39, 0.29) is 11.5 Å². The first-order valence-electron chi connectivity index (χ1n) is 2.70. The zero-order chi connectivity index (χ0) is 9.07. The molecule has 0 spiro atoms. The van der Waals surface area contributed by atoms with Gasteiger partial charge >= 0.3 is 5.97 Å². The van der Waals surface area contributed by atoms with Crippen LogP contribution < -0.4 is 0 Å². The topological polar surface area (TPSA) is 46.5 Å². The van der Waals surface area contributed by atoms with Crippen LogP contribution in [0, 0.1) is 0 Å². The van der Waals surface area contributed by atoms with Crippen LogP contribution in [0.2, 0.25) is 0 Å². The summed E-state index contributed by atoms with van der Waals surface area (Å²) >= 11 is 10.6. The maximum Gasteiger partial charge on any atom is 0.337 e. The molecule has 11 heavy (non-hydrogen) atoms. The first kappa shape index (κ1) is 10.8. The number of aliphatic hydroxyl groups is 1. The van der Waals surface area contributed by atoms with Gasteiger partial charge < -0.3 is 9.84 Å². The Labute approximate surface area is 74.6 Å². The second kappa shape index (κ2) is 3.95. The van der Waals surface area contributed by atoms with Crippen LogP contribution >= 0.6 is 23.2 Å². The Bertz CT molecular complexity index is 177. The molecule has 0 bridgehead atoms. The van der Waals surface area contributed by atoms with Crippen molar-refractivity contribution in [1.82, 2.24) is 0 Å². The molecule has 5 heteroatoms. The summed E-state index contributed by atoms with van der Waals surface area (Å²) in [6.45, 7) is 3.23. The summed E-state index contributed by atoms with van der Waals surface area (Å²) in [5.74, 6) is -1.09. The Kier molecular flexibility index (Phi) is 3.86. The van der Waals surface area contributed by atoms with E-state index in [1.165, 1.54) is 0 Å². The van der Waals surface area contributed by atoms with Gasteiger partial charge in [0.25, 0.3) is 0 Å². The average Bonchev–Trinajstić information content (AvgIpc) is 2.01. The number of hydrogen-bond acceptors (Lipinski definition) is 3. The third-order valence-corrected chi connectivity index (χ3v) is 1.96. The minimum Gasteiger partial charge on any atom is -0.466 e. The predicted molar refractivity (Wildman–Crippen MR) is 42.7 cm³/mol. The number of esters is 1. The van der Waals surface area contributed by atoms with Gasteiger partial charge in [-0.05, 0) is 0 Å². The smallest absolute Gasteiger partial charge is 0.337 e. The molecule has 0 saturated heterocycles. The molecule has 0 aromatic rings. The molecular weight excluding hydrogens is 191 g/mol. The Balaban J connectivity index is 4.36. The molecule has 0 aliphatic carbocycles. The van der Waals surface area contributed by atoms with E-state index in [1.807, 2.05) is 0 Å². The minimum atomic E-state index is -1.91. The molecule has 0 amide bonds. The maximum absolute atomic E-state index is 10.7. The van der Waals surface area contributed by atoms with Crippen molar-refractivity contribution in [3.05, 3.63) is 12.2 Å². The van der Waals surface area contributed by atoms with E-state index in [0.29, 0.717) is 0 Å². The SMILES string of the molecule is C=C(C(=O)OC)C(O)(Cl)CCl. The lowest BCUT2D eigenvalue weighted by Gasteiger charge is -2.17. The van der Waals surface area contributed by atoms with Crippen molar-refractivity contribution in [3.63, 3.8) is 0 Å². The summed E-state index contributed by atoms with van der Waals surface area (Å²) in [4.78, 5) is 10.7. The van der Waals surface area contributed by atoms with Crippen LogP contribution in [0.1, 0.15) is 0 Å². The van der Waals surface area contributed by atoms with Gasteiger partial charge in [-0.1, -0.05) is 18.2 Å². The fourth-order valence-corrected chi connectivity index (χ4v) is 0.599. The number of carbonyl (C=O) groups is 1. The molecule has 0 saturated carbocycles. The third-order valence-electron chi connectivity index (χ3n) is 1.07. The van der Waals surface area contributed by atoms with Crippen LogP contribution in [0.25, 0.3) is 0 Å². The molecule has 0 aliphatic heterocycles. The number of carbonyl (C=O) groups excluding carboxylic acids is 1. The molecule has 1 N–H and O–H groups in total. The van der Waals surface area contributed by atoms with Crippen LogP contribution in [0.5, 0.6) is 0 Å². The number of hydrogen-bond donors (Lipinski definition) is 1. The second-order valence-corrected chi connectivity index (χ2v) is 2.76. The van der Waals surface area contributed by atoms with Crippen molar-refractivity contribution < 1.29 is 14.6 Å². The zero-order valence-electron chi connectivity index (χ0n) is 5.93. The van der Waals surface area contributed by atoms with E-state index in [4.69, 9.17) is 28.3 Å². The maximum atomic E-state index is 10.7. The van der Waals surface area contributed by atoms with E-state index in [0.717, 1.165) is 7.11 Å². The molecule has 0 aliphatic rings. The molecule has 0 radical (unpaired) electrons. The number of alkyl halides is 2. The lowest BCUT2D eigenvalue weighted by Crippen LogP contribution is -2.30. The molecule has 3 nitrogen and oxygen atoms in total. The van der Waals surface area contributed by atoms with Gasteiger partial charge in [0.2, 0.25) is 0 Å². The van der Waals surface area contributed by atoms with Gasteiger partial charge in [-0.25, -0.2) is 4.79 Å². The normalized spacial score (nSPS) is 15.3. The molecule has 0 aromatic carbocycles. The number of rotatable bonds is 3. The molecule has 0 rings (SSSR count). The second-order valence-electron chi connectivity index (χ2n) is 1.86. The average molecular weight is 199 g/mol. The van der Waals surface area contributed by atoms with E-state index >= 15 is 0 Å². The molecular formula is C6H8Cl2O3. The van der Waals surface area contributed by atoms with Gasteiger partial charge in [0.15, 0.2) is 5.06 Å². The first-order valence-corrected chi connectivity index (χ1v) is 3.62. The van der Waals surface area contributed by atoms with Crippen molar-refractivity contribution in [1.29, 1.82) is 0 Å². The Morgan fingerprint density at radius 3 is 2.55 bits per heavy atom. The van der Waals surface area contributed by atoms with Gasteiger partial charge in [-0.15, -0.1) is 11.6 Å². The van der Waals surface area contributed by atoms with Crippen molar-refractivity contribution in [2.24, 2.45) is 0 Å². The minimum absolute atomic E-state index is 0.267.